The normalized spacial score (nSPS) is 20.1. The van der Waals surface area contributed by atoms with Crippen LogP contribution in [0.4, 0.5) is 0 Å². The molecule has 0 aromatic heterocycles. The SMILES string of the molecule is Oc1ccc(C2(c3ccc(O)c(O)c3O)CCCCC2)cc1C1CCCCC1. The van der Waals surface area contributed by atoms with E-state index < -0.39 is 11.2 Å². The van der Waals surface area contributed by atoms with Crippen LogP contribution in [0.5, 0.6) is 23.0 Å². The van der Waals surface area contributed by atoms with Gasteiger partial charge in [-0.1, -0.05) is 56.7 Å². The molecule has 2 saturated carbocycles. The van der Waals surface area contributed by atoms with Crippen LogP contribution in [-0.4, -0.2) is 20.4 Å². The van der Waals surface area contributed by atoms with Gasteiger partial charge in [-0.05, 0) is 54.9 Å². The summed E-state index contributed by atoms with van der Waals surface area (Å²) in [6.45, 7) is 0. The van der Waals surface area contributed by atoms with E-state index in [0.29, 0.717) is 17.2 Å². The number of benzene rings is 2. The van der Waals surface area contributed by atoms with Gasteiger partial charge in [0.25, 0.3) is 0 Å². The molecule has 4 rings (SSSR count). The molecule has 2 aromatic rings. The van der Waals surface area contributed by atoms with Gasteiger partial charge in [0.15, 0.2) is 11.5 Å². The molecule has 0 atom stereocenters. The summed E-state index contributed by atoms with van der Waals surface area (Å²) in [4.78, 5) is 0. The van der Waals surface area contributed by atoms with Gasteiger partial charge in [-0.3, -0.25) is 0 Å². The average Bonchev–Trinajstić information content (AvgIpc) is 2.73. The molecular formula is C24H30O4. The molecule has 4 N–H and O–H groups in total. The molecule has 150 valence electrons. The summed E-state index contributed by atoms with van der Waals surface area (Å²) in [5.74, 6) is -0.237. The lowest BCUT2D eigenvalue weighted by molar-refractivity contribution is 0.318. The fourth-order valence-corrected chi connectivity index (χ4v) is 5.42. The Morgan fingerprint density at radius 1 is 0.679 bits per heavy atom. The minimum atomic E-state index is -0.450. The minimum absolute atomic E-state index is 0.228. The molecule has 0 saturated heterocycles. The zero-order valence-electron chi connectivity index (χ0n) is 16.3. The molecule has 4 nitrogen and oxygen atoms in total. The summed E-state index contributed by atoms with van der Waals surface area (Å²) >= 11 is 0. The molecule has 2 aliphatic rings. The second-order valence-corrected chi connectivity index (χ2v) is 8.58. The highest BCUT2D eigenvalue weighted by Crippen LogP contribution is 2.52. The van der Waals surface area contributed by atoms with E-state index in [4.69, 9.17) is 0 Å². The minimum Gasteiger partial charge on any atom is -0.508 e. The third-order valence-electron chi connectivity index (χ3n) is 6.98. The molecule has 0 aliphatic heterocycles. The van der Waals surface area contributed by atoms with E-state index in [-0.39, 0.29) is 11.5 Å². The van der Waals surface area contributed by atoms with E-state index in [9.17, 15) is 20.4 Å². The van der Waals surface area contributed by atoms with Gasteiger partial charge < -0.3 is 20.4 Å². The largest absolute Gasteiger partial charge is 0.508 e. The monoisotopic (exact) mass is 382 g/mol. The van der Waals surface area contributed by atoms with Gasteiger partial charge in [0.1, 0.15) is 5.75 Å². The fourth-order valence-electron chi connectivity index (χ4n) is 5.42. The third-order valence-corrected chi connectivity index (χ3v) is 6.98. The van der Waals surface area contributed by atoms with E-state index in [0.717, 1.165) is 56.1 Å². The number of rotatable bonds is 3. The Bertz CT molecular complexity index is 846. The van der Waals surface area contributed by atoms with E-state index in [1.807, 2.05) is 6.07 Å². The molecule has 0 radical (unpaired) electrons. The number of phenolic OH excluding ortho intramolecular Hbond substituents is 4. The van der Waals surface area contributed by atoms with Crippen LogP contribution in [0.1, 0.15) is 86.8 Å². The summed E-state index contributed by atoms with van der Waals surface area (Å²) in [6, 6.07) is 9.11. The Kier molecular flexibility index (Phi) is 5.13. The van der Waals surface area contributed by atoms with E-state index in [2.05, 4.69) is 6.07 Å². The molecular weight excluding hydrogens is 352 g/mol. The number of phenols is 4. The van der Waals surface area contributed by atoms with Gasteiger partial charge in [0.2, 0.25) is 5.75 Å². The van der Waals surface area contributed by atoms with Gasteiger partial charge in [0, 0.05) is 11.0 Å². The quantitative estimate of drug-likeness (QED) is 0.505. The standard InChI is InChI=1S/C24H30O4/c25-20-11-9-17(15-18(20)16-7-3-1-4-8-16)24(13-5-2-6-14-24)19-10-12-21(26)23(28)22(19)27/h9-12,15-16,25-28H,1-8,13-14H2. The highest BCUT2D eigenvalue weighted by atomic mass is 16.3. The molecule has 0 amide bonds. The van der Waals surface area contributed by atoms with Crippen molar-refractivity contribution in [2.75, 3.05) is 0 Å². The summed E-state index contributed by atoms with van der Waals surface area (Å²) < 4.78 is 0. The van der Waals surface area contributed by atoms with Gasteiger partial charge in [-0.15, -0.1) is 0 Å². The Morgan fingerprint density at radius 2 is 1.32 bits per heavy atom. The first-order chi connectivity index (χ1) is 13.5. The van der Waals surface area contributed by atoms with Crippen LogP contribution in [-0.2, 0) is 5.41 Å². The molecule has 4 heteroatoms. The summed E-state index contributed by atoms with van der Waals surface area (Å²) in [7, 11) is 0. The first kappa shape index (κ1) is 19.0. The molecule has 0 bridgehead atoms. The van der Waals surface area contributed by atoms with Crippen molar-refractivity contribution < 1.29 is 20.4 Å². The first-order valence-electron chi connectivity index (χ1n) is 10.6. The zero-order chi connectivity index (χ0) is 19.7. The predicted octanol–water partition coefficient (Wildman–Crippen LogP) is 5.81. The summed E-state index contributed by atoms with van der Waals surface area (Å²) in [5, 5.41) is 41.1. The van der Waals surface area contributed by atoms with E-state index >= 15 is 0 Å². The fraction of sp³-hybridized carbons (Fsp3) is 0.500. The van der Waals surface area contributed by atoms with Gasteiger partial charge in [0.05, 0.1) is 0 Å². The van der Waals surface area contributed by atoms with Crippen LogP contribution in [0, 0.1) is 0 Å². The van der Waals surface area contributed by atoms with Crippen molar-refractivity contribution in [3.8, 4) is 23.0 Å². The molecule has 0 heterocycles. The maximum atomic E-state index is 10.7. The van der Waals surface area contributed by atoms with E-state index in [1.165, 1.54) is 25.3 Å². The zero-order valence-corrected chi connectivity index (χ0v) is 16.3. The third kappa shape index (κ3) is 3.19. The predicted molar refractivity (Wildman–Crippen MR) is 109 cm³/mol. The van der Waals surface area contributed by atoms with Crippen molar-refractivity contribution >= 4 is 0 Å². The number of hydrogen-bond acceptors (Lipinski definition) is 4. The van der Waals surface area contributed by atoms with Crippen molar-refractivity contribution in [3.63, 3.8) is 0 Å². The Hall–Kier alpha value is -2.36. The summed E-state index contributed by atoms with van der Waals surface area (Å²) in [6.07, 6.45) is 10.9. The van der Waals surface area contributed by atoms with Crippen molar-refractivity contribution in [3.05, 3.63) is 47.0 Å². The van der Waals surface area contributed by atoms with Crippen molar-refractivity contribution in [2.45, 2.75) is 75.5 Å². The van der Waals surface area contributed by atoms with E-state index in [1.54, 1.807) is 12.1 Å². The van der Waals surface area contributed by atoms with Crippen LogP contribution in [0.15, 0.2) is 30.3 Å². The topological polar surface area (TPSA) is 80.9 Å². The number of aromatic hydroxyl groups is 4. The lowest BCUT2D eigenvalue weighted by Gasteiger charge is -2.39. The Balaban J connectivity index is 1.84. The number of hydrogen-bond donors (Lipinski definition) is 4. The summed E-state index contributed by atoms with van der Waals surface area (Å²) in [5.41, 5.74) is 2.36. The van der Waals surface area contributed by atoms with Crippen LogP contribution in [0.25, 0.3) is 0 Å². The van der Waals surface area contributed by atoms with Crippen LogP contribution < -0.4 is 0 Å². The van der Waals surface area contributed by atoms with Gasteiger partial charge >= 0.3 is 0 Å². The molecule has 2 fully saturated rings. The molecule has 2 aromatic carbocycles. The molecule has 0 spiro atoms. The van der Waals surface area contributed by atoms with Crippen molar-refractivity contribution in [1.82, 2.24) is 0 Å². The maximum absolute atomic E-state index is 10.7. The maximum Gasteiger partial charge on any atom is 0.200 e. The van der Waals surface area contributed by atoms with Crippen LogP contribution >= 0.6 is 0 Å². The lowest BCUT2D eigenvalue weighted by atomic mass is 9.64. The molecule has 2 aliphatic carbocycles. The van der Waals surface area contributed by atoms with Gasteiger partial charge in [-0.2, -0.15) is 0 Å². The molecule has 0 unspecified atom stereocenters. The smallest absolute Gasteiger partial charge is 0.200 e. The highest BCUT2D eigenvalue weighted by molar-refractivity contribution is 5.59. The highest BCUT2D eigenvalue weighted by Gasteiger charge is 2.39. The van der Waals surface area contributed by atoms with Crippen molar-refractivity contribution in [1.29, 1.82) is 0 Å². The first-order valence-corrected chi connectivity index (χ1v) is 10.6. The Labute approximate surface area is 166 Å². The van der Waals surface area contributed by atoms with Gasteiger partial charge in [-0.25, -0.2) is 0 Å². The second kappa shape index (κ2) is 7.57. The second-order valence-electron chi connectivity index (χ2n) is 8.58. The van der Waals surface area contributed by atoms with Crippen LogP contribution in [0.3, 0.4) is 0 Å². The molecule has 28 heavy (non-hydrogen) atoms. The average molecular weight is 383 g/mol. The van der Waals surface area contributed by atoms with Crippen molar-refractivity contribution in [2.24, 2.45) is 0 Å². The van der Waals surface area contributed by atoms with Crippen LogP contribution in [0.2, 0.25) is 0 Å². The Morgan fingerprint density at radius 3 is 2.04 bits per heavy atom. The lowest BCUT2D eigenvalue weighted by Crippen LogP contribution is -2.30.